The lowest BCUT2D eigenvalue weighted by molar-refractivity contribution is -0.141. The minimum atomic E-state index is -0.803. The van der Waals surface area contributed by atoms with Crippen LogP contribution in [0, 0.1) is 19.8 Å². The van der Waals surface area contributed by atoms with Crippen LogP contribution in [0.5, 0.6) is 0 Å². The van der Waals surface area contributed by atoms with Crippen LogP contribution in [0.2, 0.25) is 0 Å². The second kappa shape index (κ2) is 6.31. The molecule has 0 saturated heterocycles. The number of rotatable bonds is 6. The Bertz CT molecular complexity index is 473. The molecule has 1 aromatic heterocycles. The van der Waals surface area contributed by atoms with Gasteiger partial charge in [-0.05, 0) is 39.2 Å². The third-order valence-electron chi connectivity index (χ3n) is 3.95. The molecule has 0 aliphatic heterocycles. The first-order valence-corrected chi connectivity index (χ1v) is 6.87. The topological polar surface area (TPSA) is 72.3 Å². The molecule has 0 amide bonds. The van der Waals surface area contributed by atoms with E-state index in [9.17, 15) is 4.79 Å². The normalized spacial score (nSPS) is 15.7. The molecule has 0 aliphatic carbocycles. The highest BCUT2D eigenvalue weighted by molar-refractivity contribution is 5.70. The largest absolute Gasteiger partial charge is 0.481 e. The van der Waals surface area contributed by atoms with Gasteiger partial charge in [-0.25, -0.2) is 9.97 Å². The summed E-state index contributed by atoms with van der Waals surface area (Å²) in [7, 11) is 1.65. The van der Waals surface area contributed by atoms with Gasteiger partial charge in [0.2, 0.25) is 0 Å². The number of hydrogen-bond donors (Lipinski definition) is 1. The van der Waals surface area contributed by atoms with E-state index in [1.807, 2.05) is 27.7 Å². The molecule has 20 heavy (non-hydrogen) atoms. The molecule has 1 rings (SSSR count). The minimum absolute atomic E-state index is 0.443. The van der Waals surface area contributed by atoms with Crippen LogP contribution in [0.4, 0.5) is 0 Å². The highest BCUT2D eigenvalue weighted by Crippen LogP contribution is 2.27. The van der Waals surface area contributed by atoms with Crippen molar-refractivity contribution in [2.24, 2.45) is 5.92 Å². The second-order valence-electron chi connectivity index (χ2n) is 5.43. The summed E-state index contributed by atoms with van der Waals surface area (Å²) in [5, 5.41) is 9.02. The minimum Gasteiger partial charge on any atom is -0.481 e. The van der Waals surface area contributed by atoms with E-state index >= 15 is 0 Å². The molecule has 0 fully saturated rings. The van der Waals surface area contributed by atoms with Gasteiger partial charge in [-0.3, -0.25) is 4.79 Å². The van der Waals surface area contributed by atoms with E-state index in [2.05, 4.69) is 9.97 Å². The van der Waals surface area contributed by atoms with Crippen LogP contribution in [0.15, 0.2) is 0 Å². The molecule has 0 radical (unpaired) electrons. The van der Waals surface area contributed by atoms with Crippen LogP contribution < -0.4 is 0 Å². The lowest BCUT2D eigenvalue weighted by Gasteiger charge is -2.26. The Morgan fingerprint density at radius 2 is 1.85 bits per heavy atom. The van der Waals surface area contributed by atoms with Crippen LogP contribution in [-0.4, -0.2) is 28.2 Å². The summed E-state index contributed by atoms with van der Waals surface area (Å²) in [6.45, 7) is 9.47. The molecule has 0 saturated carbocycles. The number of hydrogen-bond acceptors (Lipinski definition) is 4. The quantitative estimate of drug-likeness (QED) is 0.867. The van der Waals surface area contributed by atoms with Crippen LogP contribution in [0.1, 0.15) is 50.0 Å². The first-order chi connectivity index (χ1) is 9.25. The Morgan fingerprint density at radius 3 is 2.20 bits per heavy atom. The highest BCUT2D eigenvalue weighted by atomic mass is 16.5. The van der Waals surface area contributed by atoms with Gasteiger partial charge < -0.3 is 9.84 Å². The fraction of sp³-hybridized carbons (Fsp3) is 0.667. The summed E-state index contributed by atoms with van der Waals surface area (Å²) in [5.41, 5.74) is 2.07. The summed E-state index contributed by atoms with van der Waals surface area (Å²) in [6, 6.07) is 0. The average molecular weight is 280 g/mol. The lowest BCUT2D eigenvalue weighted by atomic mass is 9.97. The fourth-order valence-corrected chi connectivity index (χ4v) is 2.06. The Balaban J connectivity index is 3.19. The number of methoxy groups -OCH3 is 1. The second-order valence-corrected chi connectivity index (χ2v) is 5.43. The van der Waals surface area contributed by atoms with Crippen molar-refractivity contribution in [2.75, 3.05) is 7.11 Å². The van der Waals surface area contributed by atoms with E-state index in [-0.39, 0.29) is 0 Å². The molecule has 0 spiro atoms. The van der Waals surface area contributed by atoms with Gasteiger partial charge >= 0.3 is 5.97 Å². The van der Waals surface area contributed by atoms with Crippen molar-refractivity contribution in [3.63, 3.8) is 0 Å². The van der Waals surface area contributed by atoms with Gasteiger partial charge in [0, 0.05) is 18.5 Å². The van der Waals surface area contributed by atoms with Gasteiger partial charge in [-0.1, -0.05) is 13.8 Å². The van der Waals surface area contributed by atoms with Crippen LogP contribution >= 0.6 is 0 Å². The molecule has 1 N–H and O–H groups in total. The monoisotopic (exact) mass is 280 g/mol. The Morgan fingerprint density at radius 1 is 1.35 bits per heavy atom. The van der Waals surface area contributed by atoms with Crippen LogP contribution in [-0.2, 0) is 21.6 Å². The van der Waals surface area contributed by atoms with Crippen molar-refractivity contribution >= 4 is 5.97 Å². The third-order valence-corrected chi connectivity index (χ3v) is 3.95. The zero-order valence-electron chi connectivity index (χ0n) is 13.1. The fourth-order valence-electron chi connectivity index (χ4n) is 2.06. The van der Waals surface area contributed by atoms with E-state index in [1.54, 1.807) is 14.0 Å². The molecular weight excluding hydrogens is 256 g/mol. The standard InChI is InChI=1S/C15H24N2O3/c1-7-15(5,20-6)14-16-10(3)12(11(4)17-14)8-9(2)13(18)19/h9H,7-8H2,1-6H3,(H,18,19). The number of carboxylic acid groups (broad SMARTS) is 1. The molecule has 5 heteroatoms. The van der Waals surface area contributed by atoms with Crippen molar-refractivity contribution in [1.29, 1.82) is 0 Å². The third kappa shape index (κ3) is 3.33. The van der Waals surface area contributed by atoms with Crippen molar-refractivity contribution in [3.8, 4) is 0 Å². The van der Waals surface area contributed by atoms with Gasteiger partial charge in [0.05, 0.1) is 5.92 Å². The lowest BCUT2D eigenvalue weighted by Crippen LogP contribution is -2.28. The zero-order chi connectivity index (χ0) is 15.5. The van der Waals surface area contributed by atoms with Crippen LogP contribution in [0.25, 0.3) is 0 Å². The summed E-state index contributed by atoms with van der Waals surface area (Å²) < 4.78 is 5.52. The van der Waals surface area contributed by atoms with Gasteiger partial charge in [0.15, 0.2) is 5.82 Å². The maximum absolute atomic E-state index is 11.0. The van der Waals surface area contributed by atoms with Crippen molar-refractivity contribution < 1.29 is 14.6 Å². The van der Waals surface area contributed by atoms with Gasteiger partial charge in [-0.15, -0.1) is 0 Å². The van der Waals surface area contributed by atoms with Gasteiger partial charge in [0.25, 0.3) is 0 Å². The maximum Gasteiger partial charge on any atom is 0.306 e. The van der Waals surface area contributed by atoms with Gasteiger partial charge in [0.1, 0.15) is 5.60 Å². The first-order valence-electron chi connectivity index (χ1n) is 6.87. The van der Waals surface area contributed by atoms with E-state index in [4.69, 9.17) is 9.84 Å². The number of aryl methyl sites for hydroxylation is 2. The van der Waals surface area contributed by atoms with Crippen molar-refractivity contribution in [1.82, 2.24) is 9.97 Å². The van der Waals surface area contributed by atoms with E-state index in [1.165, 1.54) is 0 Å². The Kier molecular flexibility index (Phi) is 5.22. The van der Waals surface area contributed by atoms with Crippen molar-refractivity contribution in [2.45, 2.75) is 53.1 Å². The Hall–Kier alpha value is -1.49. The summed E-state index contributed by atoms with van der Waals surface area (Å²) >= 11 is 0. The number of nitrogens with zero attached hydrogens (tertiary/aromatic N) is 2. The maximum atomic E-state index is 11.0. The van der Waals surface area contributed by atoms with Crippen molar-refractivity contribution in [3.05, 3.63) is 22.8 Å². The summed E-state index contributed by atoms with van der Waals surface area (Å²) in [6.07, 6.45) is 1.22. The van der Waals surface area contributed by atoms with Crippen LogP contribution in [0.3, 0.4) is 0 Å². The molecule has 1 aromatic rings. The highest BCUT2D eigenvalue weighted by Gasteiger charge is 2.29. The molecule has 0 bridgehead atoms. The average Bonchev–Trinajstić information content (AvgIpc) is 2.41. The number of ether oxygens (including phenoxy) is 1. The molecule has 5 nitrogen and oxygen atoms in total. The molecular formula is C15H24N2O3. The van der Waals surface area contributed by atoms with Gasteiger partial charge in [-0.2, -0.15) is 0 Å². The number of aliphatic carboxylic acids is 1. The molecule has 2 unspecified atom stereocenters. The molecule has 0 aliphatic rings. The molecule has 2 atom stereocenters. The number of aromatic nitrogens is 2. The zero-order valence-corrected chi connectivity index (χ0v) is 13.1. The summed E-state index contributed by atoms with van der Waals surface area (Å²) in [5.74, 6) is -0.589. The Labute approximate surface area is 120 Å². The first kappa shape index (κ1) is 16.6. The molecule has 1 heterocycles. The van der Waals surface area contributed by atoms with E-state index < -0.39 is 17.5 Å². The molecule has 0 aromatic carbocycles. The number of carbonyl (C=O) groups is 1. The SMILES string of the molecule is CCC(C)(OC)c1nc(C)c(CC(C)C(=O)O)c(C)n1. The predicted octanol–water partition coefficient (Wildman–Crippen LogP) is 2.63. The van der Waals surface area contributed by atoms with E-state index in [0.717, 1.165) is 23.4 Å². The van der Waals surface area contributed by atoms with E-state index in [0.29, 0.717) is 12.2 Å². The predicted molar refractivity (Wildman–Crippen MR) is 76.7 cm³/mol. The number of carboxylic acids is 1. The molecule has 112 valence electrons. The smallest absolute Gasteiger partial charge is 0.306 e. The summed E-state index contributed by atoms with van der Waals surface area (Å²) in [4.78, 5) is 20.0.